The van der Waals surface area contributed by atoms with Gasteiger partial charge in [-0.05, 0) is 26.0 Å². The monoisotopic (exact) mass is 264 g/mol. The van der Waals surface area contributed by atoms with Crippen molar-refractivity contribution in [2.45, 2.75) is 13.8 Å². The van der Waals surface area contributed by atoms with Crippen molar-refractivity contribution in [3.05, 3.63) is 46.5 Å². The Morgan fingerprint density at radius 3 is 2.72 bits per heavy atom. The fraction of sp³-hybridized carbons (Fsp3) is 0.167. The van der Waals surface area contributed by atoms with Crippen molar-refractivity contribution < 1.29 is 5.21 Å². The van der Waals surface area contributed by atoms with Crippen molar-refractivity contribution >= 4 is 17.4 Å². The topological polar surface area (TPSA) is 76.4 Å². The average molecular weight is 265 g/mol. The molecule has 0 saturated heterocycles. The Kier molecular flexibility index (Phi) is 3.25. The maximum Gasteiger partial charge on any atom is 0.173 e. The zero-order chi connectivity index (χ0) is 13.3. The van der Waals surface area contributed by atoms with Crippen LogP contribution in [0.15, 0.2) is 29.7 Å². The van der Waals surface area contributed by atoms with E-state index in [1.165, 1.54) is 0 Å². The van der Waals surface area contributed by atoms with Crippen LogP contribution in [-0.2, 0) is 0 Å². The van der Waals surface area contributed by atoms with E-state index in [0.717, 1.165) is 17.1 Å². The Morgan fingerprint density at radius 1 is 1.44 bits per heavy atom. The third kappa shape index (κ3) is 1.93. The first-order valence-electron chi connectivity index (χ1n) is 5.33. The molecule has 0 bridgehead atoms. The molecule has 18 heavy (non-hydrogen) atoms. The van der Waals surface area contributed by atoms with E-state index in [1.807, 2.05) is 24.5 Å². The minimum Gasteiger partial charge on any atom is -0.409 e. The number of hydrogen-bond acceptors (Lipinski definition) is 3. The zero-order valence-electron chi connectivity index (χ0n) is 10.1. The Balaban J connectivity index is 2.72. The molecule has 2 aromatic rings. The predicted molar refractivity (Wildman–Crippen MR) is 70.6 cm³/mol. The van der Waals surface area contributed by atoms with Gasteiger partial charge in [0.05, 0.1) is 28.3 Å². The van der Waals surface area contributed by atoms with E-state index in [0.29, 0.717) is 10.6 Å². The zero-order valence-corrected chi connectivity index (χ0v) is 10.8. The number of aromatic nitrogens is 2. The molecule has 0 atom stereocenters. The largest absolute Gasteiger partial charge is 0.409 e. The maximum atomic E-state index is 8.84. The Bertz CT molecular complexity index is 619. The summed E-state index contributed by atoms with van der Waals surface area (Å²) >= 11 is 6.11. The van der Waals surface area contributed by atoms with Gasteiger partial charge in [0.1, 0.15) is 0 Å². The van der Waals surface area contributed by atoms with Gasteiger partial charge in [0.15, 0.2) is 5.84 Å². The first kappa shape index (κ1) is 12.4. The normalized spacial score (nSPS) is 11.8. The molecule has 0 saturated carbocycles. The summed E-state index contributed by atoms with van der Waals surface area (Å²) in [5.41, 5.74) is 8.79. The number of oxime groups is 1. The molecule has 6 heteroatoms. The maximum absolute atomic E-state index is 8.84. The number of halogens is 1. The third-order valence-electron chi connectivity index (χ3n) is 2.87. The molecule has 0 aliphatic heterocycles. The molecule has 0 amide bonds. The van der Waals surface area contributed by atoms with Gasteiger partial charge in [0.25, 0.3) is 0 Å². The highest BCUT2D eigenvalue weighted by Crippen LogP contribution is 2.24. The van der Waals surface area contributed by atoms with E-state index in [-0.39, 0.29) is 5.84 Å². The highest BCUT2D eigenvalue weighted by Gasteiger charge is 2.15. The van der Waals surface area contributed by atoms with Crippen molar-refractivity contribution in [3.63, 3.8) is 0 Å². The smallest absolute Gasteiger partial charge is 0.173 e. The Hall–Kier alpha value is -2.01. The van der Waals surface area contributed by atoms with Crippen LogP contribution in [0.1, 0.15) is 17.0 Å². The summed E-state index contributed by atoms with van der Waals surface area (Å²) < 4.78 is 1.86. The summed E-state index contributed by atoms with van der Waals surface area (Å²) in [7, 11) is 0. The number of aryl methyl sites for hydroxylation is 1. The lowest BCUT2D eigenvalue weighted by Gasteiger charge is -2.12. The van der Waals surface area contributed by atoms with Crippen molar-refractivity contribution in [2.24, 2.45) is 10.9 Å². The van der Waals surface area contributed by atoms with Crippen LogP contribution in [0.4, 0.5) is 0 Å². The molecule has 0 fully saturated rings. The molecule has 0 aliphatic rings. The van der Waals surface area contributed by atoms with Crippen LogP contribution in [0.3, 0.4) is 0 Å². The van der Waals surface area contributed by atoms with E-state index < -0.39 is 0 Å². The minimum absolute atomic E-state index is 0.0265. The van der Waals surface area contributed by atoms with Gasteiger partial charge in [0, 0.05) is 5.69 Å². The highest BCUT2D eigenvalue weighted by atomic mass is 35.5. The summed E-state index contributed by atoms with van der Waals surface area (Å²) in [6.07, 6.45) is 1.69. The van der Waals surface area contributed by atoms with Gasteiger partial charge in [-0.25, -0.2) is 4.98 Å². The van der Waals surface area contributed by atoms with Gasteiger partial charge in [-0.15, -0.1) is 0 Å². The van der Waals surface area contributed by atoms with E-state index in [4.69, 9.17) is 22.5 Å². The first-order valence-corrected chi connectivity index (χ1v) is 5.71. The van der Waals surface area contributed by atoms with Crippen LogP contribution in [0, 0.1) is 13.8 Å². The predicted octanol–water partition coefficient (Wildman–Crippen LogP) is 2.24. The van der Waals surface area contributed by atoms with Gasteiger partial charge in [-0.3, -0.25) is 0 Å². The molecule has 0 spiro atoms. The Labute approximate surface area is 110 Å². The van der Waals surface area contributed by atoms with Crippen molar-refractivity contribution in [1.29, 1.82) is 0 Å². The van der Waals surface area contributed by atoms with Crippen LogP contribution in [0.2, 0.25) is 5.02 Å². The number of nitrogens with two attached hydrogens (primary N) is 1. The van der Waals surface area contributed by atoms with Crippen LogP contribution >= 0.6 is 11.6 Å². The lowest BCUT2D eigenvalue weighted by atomic mass is 10.1. The number of imidazole rings is 1. The minimum atomic E-state index is -0.0265. The molecule has 94 valence electrons. The standard InChI is InChI=1S/C12H13ClN4O/c1-7-8(2)17(6-15-7)10-5-3-4-9(13)11(10)12(14)16-18/h3-6,18H,1-2H3,(H2,14,16). The fourth-order valence-corrected chi connectivity index (χ4v) is 2.02. The molecule has 2 rings (SSSR count). The molecule has 1 aromatic heterocycles. The molecular formula is C12H13ClN4O. The summed E-state index contributed by atoms with van der Waals surface area (Å²) in [5.74, 6) is -0.0265. The lowest BCUT2D eigenvalue weighted by Crippen LogP contribution is -2.17. The molecule has 5 nitrogen and oxygen atoms in total. The van der Waals surface area contributed by atoms with Gasteiger partial charge in [-0.2, -0.15) is 0 Å². The lowest BCUT2D eigenvalue weighted by molar-refractivity contribution is 0.318. The number of hydrogen-bond donors (Lipinski definition) is 2. The van der Waals surface area contributed by atoms with Gasteiger partial charge in [0.2, 0.25) is 0 Å². The summed E-state index contributed by atoms with van der Waals surface area (Å²) in [6, 6.07) is 5.34. The molecule has 0 radical (unpaired) electrons. The molecular weight excluding hydrogens is 252 g/mol. The average Bonchev–Trinajstić information content (AvgIpc) is 2.69. The molecule has 3 N–H and O–H groups in total. The van der Waals surface area contributed by atoms with Gasteiger partial charge >= 0.3 is 0 Å². The van der Waals surface area contributed by atoms with Crippen LogP contribution in [0.5, 0.6) is 0 Å². The second-order valence-corrected chi connectivity index (χ2v) is 4.31. The molecule has 0 unspecified atom stereocenters. The van der Waals surface area contributed by atoms with Crippen molar-refractivity contribution in [2.75, 3.05) is 0 Å². The number of rotatable bonds is 2. The van der Waals surface area contributed by atoms with Crippen molar-refractivity contribution in [1.82, 2.24) is 9.55 Å². The second kappa shape index (κ2) is 4.70. The van der Waals surface area contributed by atoms with E-state index >= 15 is 0 Å². The molecule has 1 aromatic carbocycles. The highest BCUT2D eigenvalue weighted by molar-refractivity contribution is 6.34. The summed E-state index contributed by atoms with van der Waals surface area (Å²) in [6.45, 7) is 3.86. The van der Waals surface area contributed by atoms with Crippen LogP contribution in [-0.4, -0.2) is 20.6 Å². The van der Waals surface area contributed by atoms with E-state index in [1.54, 1.807) is 18.5 Å². The first-order chi connectivity index (χ1) is 8.56. The van der Waals surface area contributed by atoms with Crippen molar-refractivity contribution in [3.8, 4) is 5.69 Å². The van der Waals surface area contributed by atoms with Gasteiger partial charge < -0.3 is 15.5 Å². The number of amidine groups is 1. The number of benzene rings is 1. The second-order valence-electron chi connectivity index (χ2n) is 3.90. The summed E-state index contributed by atoms with van der Waals surface area (Å²) in [4.78, 5) is 4.23. The van der Waals surface area contributed by atoms with E-state index in [2.05, 4.69) is 10.1 Å². The SMILES string of the molecule is Cc1ncn(-c2cccc(Cl)c2C(N)=NO)c1C. The fourth-order valence-electron chi connectivity index (χ4n) is 1.76. The third-order valence-corrected chi connectivity index (χ3v) is 3.18. The van der Waals surface area contributed by atoms with E-state index in [9.17, 15) is 0 Å². The molecule has 0 aliphatic carbocycles. The van der Waals surface area contributed by atoms with Gasteiger partial charge in [-0.1, -0.05) is 22.8 Å². The summed E-state index contributed by atoms with van der Waals surface area (Å²) in [5, 5.41) is 12.3. The number of nitrogens with zero attached hydrogens (tertiary/aromatic N) is 3. The quantitative estimate of drug-likeness (QED) is 0.378. The van der Waals surface area contributed by atoms with Crippen LogP contribution in [0.25, 0.3) is 5.69 Å². The Morgan fingerprint density at radius 2 is 2.17 bits per heavy atom. The molecule has 1 heterocycles. The van der Waals surface area contributed by atoms with Crippen LogP contribution < -0.4 is 5.73 Å².